The first kappa shape index (κ1) is 36.3. The number of hydrogen-bond donors (Lipinski definition) is 0. The van der Waals surface area contributed by atoms with E-state index in [1.54, 1.807) is 0 Å². The van der Waals surface area contributed by atoms with Crippen molar-refractivity contribution < 1.29 is 9.36 Å². The second-order valence-electron chi connectivity index (χ2n) is 12.7. The zero-order valence-electron chi connectivity index (χ0n) is 29.5. The zero-order valence-corrected chi connectivity index (χ0v) is 32.9. The normalized spacial score (nSPS) is 11.4. The first-order valence-corrected chi connectivity index (χ1v) is 21.5. The van der Waals surface area contributed by atoms with E-state index in [4.69, 9.17) is 10.4 Å². The Labute approximate surface area is 301 Å². The Morgan fingerprint density at radius 3 is 1.31 bits per heavy atom. The molecule has 0 N–H and O–H groups in total. The van der Waals surface area contributed by atoms with Crippen molar-refractivity contribution in [3.05, 3.63) is 84.9 Å². The van der Waals surface area contributed by atoms with E-state index >= 15 is 0 Å². The molecule has 0 spiro atoms. The molecule has 254 valence electrons. The fraction of sp³-hybridized carbons (Fsp3) is 0.450. The van der Waals surface area contributed by atoms with Gasteiger partial charge in [0.05, 0.1) is 0 Å². The Morgan fingerprint density at radius 2 is 0.896 bits per heavy atom. The third kappa shape index (κ3) is 10.0. The van der Waals surface area contributed by atoms with Gasteiger partial charge in [-0.05, 0) is 0 Å². The number of aromatic nitrogens is 6. The summed E-state index contributed by atoms with van der Waals surface area (Å²) in [6, 6.07) is 31.0. The van der Waals surface area contributed by atoms with Crippen LogP contribution in [0.4, 0.5) is 0 Å². The molecule has 5 rings (SSSR count). The quantitative estimate of drug-likeness (QED) is 0.0629. The molecule has 0 bridgehead atoms. The molecule has 0 unspecified atom stereocenters. The molecule has 2 heterocycles. The van der Waals surface area contributed by atoms with Gasteiger partial charge in [-0.15, -0.1) is 0 Å². The number of rotatable bonds is 20. The van der Waals surface area contributed by atoms with Crippen LogP contribution in [-0.4, -0.2) is 49.7 Å². The summed E-state index contributed by atoms with van der Waals surface area (Å²) < 4.78 is 14.3. The van der Waals surface area contributed by atoms with Crippen LogP contribution in [-0.2, 0) is 27.2 Å². The Balaban J connectivity index is 1.48. The average molecular weight is 777 g/mol. The van der Waals surface area contributed by atoms with E-state index in [-0.39, 0.29) is 29.9 Å². The number of unbranched alkanes of at least 4 members (excludes halogenated alkanes) is 10. The molecule has 0 aliphatic rings. The molecule has 0 radical (unpaired) electrons. The fourth-order valence-electron chi connectivity index (χ4n) is 6.23. The van der Waals surface area contributed by atoms with Crippen LogP contribution in [0.25, 0.3) is 22.5 Å². The predicted octanol–water partition coefficient (Wildman–Crippen LogP) is 5.09. The van der Waals surface area contributed by atoms with Crippen molar-refractivity contribution in [2.45, 2.75) is 104 Å². The first-order valence-electron chi connectivity index (χ1n) is 18.1. The number of benzene rings is 3. The van der Waals surface area contributed by atoms with Crippen molar-refractivity contribution in [2.24, 2.45) is 14.1 Å². The van der Waals surface area contributed by atoms with Crippen molar-refractivity contribution >= 4 is 48.0 Å². The fourth-order valence-corrected chi connectivity index (χ4v) is 10.8. The molecule has 0 atom stereocenters. The Morgan fingerprint density at radius 1 is 0.500 bits per heavy atom. The summed E-state index contributed by atoms with van der Waals surface area (Å²) in [7, 11) is 4.24. The third-order valence-corrected chi connectivity index (χ3v) is 13.4. The van der Waals surface area contributed by atoms with E-state index in [0.717, 1.165) is 13.1 Å². The Kier molecular flexibility index (Phi) is 14.5. The van der Waals surface area contributed by atoms with Crippen LogP contribution >= 0.6 is 0 Å². The maximum absolute atomic E-state index is 5.11. The maximum atomic E-state index is 5.11. The summed E-state index contributed by atoms with van der Waals surface area (Å²) >= 11 is 0.272. The molecule has 0 saturated carbocycles. The van der Waals surface area contributed by atoms with Gasteiger partial charge in [0.2, 0.25) is 0 Å². The topological polar surface area (TPSA) is 43.4 Å². The van der Waals surface area contributed by atoms with Crippen LogP contribution in [0.2, 0.25) is 0 Å². The Bertz CT molecular complexity index is 1560. The van der Waals surface area contributed by atoms with Gasteiger partial charge in [-0.25, -0.2) is 0 Å². The molecule has 0 amide bonds. The van der Waals surface area contributed by atoms with E-state index in [0.29, 0.717) is 0 Å². The molecule has 5 aromatic rings. The zero-order chi connectivity index (χ0) is 33.6. The second-order valence-corrected chi connectivity index (χ2v) is 17.2. The van der Waals surface area contributed by atoms with Crippen molar-refractivity contribution in [1.82, 2.24) is 19.8 Å². The van der Waals surface area contributed by atoms with Gasteiger partial charge in [0, 0.05) is 0 Å². The van der Waals surface area contributed by atoms with Crippen molar-refractivity contribution in [3.63, 3.8) is 0 Å². The number of hydrogen-bond acceptors (Lipinski definition) is 2. The minimum atomic E-state index is 0.136. The molecule has 3 aromatic carbocycles. The molecule has 2 aromatic heterocycles. The van der Waals surface area contributed by atoms with Crippen LogP contribution in [0.3, 0.4) is 0 Å². The molecule has 0 aliphatic carbocycles. The number of nitrogens with zero attached hydrogens (tertiary/aromatic N) is 6. The SMILES string of the molecule is CCCCCCCC[n+]1nn(C)c(-c2cccc(-c3c([Se]c4ccccc4)[n+](CCCCCCCC)nn3C)c2)c1[Se]c1ccccc1. The average Bonchev–Trinajstić information content (AvgIpc) is 3.58. The first-order chi connectivity index (χ1) is 23.6. The summed E-state index contributed by atoms with van der Waals surface area (Å²) in [6.07, 6.45) is 15.4. The van der Waals surface area contributed by atoms with Gasteiger partial charge in [-0.1, -0.05) is 0 Å². The van der Waals surface area contributed by atoms with Crippen LogP contribution in [0.5, 0.6) is 0 Å². The van der Waals surface area contributed by atoms with Gasteiger partial charge < -0.3 is 0 Å². The third-order valence-electron chi connectivity index (χ3n) is 8.78. The summed E-state index contributed by atoms with van der Waals surface area (Å²) in [6.45, 7) is 6.50. The molecule has 6 nitrogen and oxygen atoms in total. The van der Waals surface area contributed by atoms with E-state index in [2.05, 4.69) is 132 Å². The van der Waals surface area contributed by atoms with E-state index in [1.165, 1.54) is 118 Å². The molecule has 0 aliphatic heterocycles. The summed E-state index contributed by atoms with van der Waals surface area (Å²) in [5.41, 5.74) is 4.89. The van der Waals surface area contributed by atoms with E-state index in [9.17, 15) is 0 Å². The van der Waals surface area contributed by atoms with Gasteiger partial charge >= 0.3 is 303 Å². The standard InChI is InChI=1S/C40H54N6Se2/c1-5-7-9-11-13-21-30-45-39(47-35-26-17-15-18-27-35)37(43(3)41-45)33-24-23-25-34(32-33)38-40(48-36-28-19-16-20-29-36)46(42-44(38)4)31-22-14-12-10-8-6-2/h15-20,23-29,32H,5-14,21-22,30-31H2,1-4H3/q+2. The van der Waals surface area contributed by atoms with Crippen LogP contribution in [0.15, 0.2) is 84.9 Å². The van der Waals surface area contributed by atoms with Crippen molar-refractivity contribution in [2.75, 3.05) is 0 Å². The molecular weight excluding hydrogens is 722 g/mol. The molecule has 0 saturated heterocycles. The monoisotopic (exact) mass is 778 g/mol. The summed E-state index contributed by atoms with van der Waals surface area (Å²) in [4.78, 5) is 0. The predicted molar refractivity (Wildman–Crippen MR) is 201 cm³/mol. The van der Waals surface area contributed by atoms with Crippen molar-refractivity contribution in [1.29, 1.82) is 0 Å². The Hall–Kier alpha value is -3.02. The summed E-state index contributed by atoms with van der Waals surface area (Å²) in [5, 5.41) is 10.2. The second kappa shape index (κ2) is 19.2. The molecular formula is C40H54N6Se2+2. The van der Waals surface area contributed by atoms with Gasteiger partial charge in [-0.3, -0.25) is 0 Å². The molecule has 48 heavy (non-hydrogen) atoms. The van der Waals surface area contributed by atoms with Gasteiger partial charge in [0.15, 0.2) is 0 Å². The van der Waals surface area contributed by atoms with Gasteiger partial charge in [-0.2, -0.15) is 0 Å². The van der Waals surface area contributed by atoms with Crippen LogP contribution < -0.4 is 27.5 Å². The van der Waals surface area contributed by atoms with E-state index in [1.807, 2.05) is 0 Å². The molecule has 0 fully saturated rings. The van der Waals surface area contributed by atoms with Crippen molar-refractivity contribution in [3.8, 4) is 22.5 Å². The van der Waals surface area contributed by atoms with Crippen LogP contribution in [0.1, 0.15) is 90.9 Å². The van der Waals surface area contributed by atoms with Gasteiger partial charge in [0.25, 0.3) is 0 Å². The van der Waals surface area contributed by atoms with Crippen LogP contribution in [0, 0.1) is 0 Å². The molecule has 8 heteroatoms. The summed E-state index contributed by atoms with van der Waals surface area (Å²) in [5.74, 6) is 0. The van der Waals surface area contributed by atoms with Gasteiger partial charge in [0.1, 0.15) is 0 Å². The van der Waals surface area contributed by atoms with E-state index < -0.39 is 0 Å². The minimum absolute atomic E-state index is 0.136. The number of aryl methyl sites for hydroxylation is 4.